The van der Waals surface area contributed by atoms with Crippen molar-refractivity contribution in [3.63, 3.8) is 0 Å². The van der Waals surface area contributed by atoms with Gasteiger partial charge in [0.05, 0.1) is 12.6 Å². The second-order valence-electron chi connectivity index (χ2n) is 5.65. The molecule has 2 rings (SSSR count). The molecule has 10 atom stereocenters. The summed E-state index contributed by atoms with van der Waals surface area (Å²) >= 11 is 0. The second kappa shape index (κ2) is 7.53. The molecule has 24 heavy (non-hydrogen) atoms. The molecule has 0 unspecified atom stereocenters. The molecule has 2 saturated heterocycles. The third-order valence-electron chi connectivity index (χ3n) is 4.03. The first-order valence-electron chi connectivity index (χ1n) is 7.15. The number of carboxylic acid groups (broad SMARTS) is 1. The summed E-state index contributed by atoms with van der Waals surface area (Å²) in [5.74, 6) is -1.59. The fourth-order valence-electron chi connectivity index (χ4n) is 2.58. The molecule has 12 heteroatoms. The molecule has 0 saturated carbocycles. The summed E-state index contributed by atoms with van der Waals surface area (Å²) in [6.45, 7) is -0.682. The molecule has 2 heterocycles. The first-order chi connectivity index (χ1) is 11.2. The molecule has 0 radical (unpaired) electrons. The zero-order valence-corrected chi connectivity index (χ0v) is 12.3. The Morgan fingerprint density at radius 1 is 1.00 bits per heavy atom. The largest absolute Gasteiger partial charge is 0.479 e. The van der Waals surface area contributed by atoms with E-state index in [4.69, 9.17) is 25.4 Å². The fourth-order valence-corrected chi connectivity index (χ4v) is 2.58. The van der Waals surface area contributed by atoms with Crippen molar-refractivity contribution in [1.29, 1.82) is 0 Å². The van der Waals surface area contributed by atoms with Gasteiger partial charge in [-0.2, -0.15) is 0 Å². The van der Waals surface area contributed by atoms with E-state index in [0.29, 0.717) is 0 Å². The molecule has 0 amide bonds. The fraction of sp³-hybridized carbons (Fsp3) is 0.917. The number of aliphatic hydroxyl groups is 6. The van der Waals surface area contributed by atoms with Crippen LogP contribution in [-0.2, 0) is 19.0 Å². The van der Waals surface area contributed by atoms with Gasteiger partial charge in [0.25, 0.3) is 0 Å². The van der Waals surface area contributed by atoms with Gasteiger partial charge in [0.1, 0.15) is 36.6 Å². The Hall–Kier alpha value is -0.930. The first kappa shape index (κ1) is 19.4. The van der Waals surface area contributed by atoms with Gasteiger partial charge in [-0.25, -0.2) is 4.79 Å². The van der Waals surface area contributed by atoms with Crippen LogP contribution >= 0.6 is 0 Å². The number of hydrogen-bond donors (Lipinski definition) is 8. The maximum atomic E-state index is 11.2. The van der Waals surface area contributed by atoms with E-state index in [0.717, 1.165) is 0 Å². The van der Waals surface area contributed by atoms with Crippen LogP contribution in [0.5, 0.6) is 0 Å². The van der Waals surface area contributed by atoms with Gasteiger partial charge < -0.3 is 55.7 Å². The van der Waals surface area contributed by atoms with Gasteiger partial charge in [0, 0.05) is 0 Å². The van der Waals surface area contributed by atoms with Gasteiger partial charge in [0.15, 0.2) is 18.7 Å². The Morgan fingerprint density at radius 2 is 1.62 bits per heavy atom. The Labute approximate surface area is 135 Å². The van der Waals surface area contributed by atoms with Gasteiger partial charge in [0.2, 0.25) is 0 Å². The lowest BCUT2D eigenvalue weighted by Crippen LogP contribution is -2.66. The molecule has 12 nitrogen and oxygen atoms in total. The van der Waals surface area contributed by atoms with Crippen LogP contribution in [0.15, 0.2) is 0 Å². The third kappa shape index (κ3) is 3.52. The van der Waals surface area contributed by atoms with Crippen LogP contribution in [-0.4, -0.2) is 110 Å². The van der Waals surface area contributed by atoms with Crippen molar-refractivity contribution in [2.45, 2.75) is 61.3 Å². The SMILES string of the molecule is N[C@H]1[C@@H](O[C@@H]2[C@@H](O)[C@H](O)[C@@H](O)O[C@@H]2C(=O)O)O[C@H](CO)[C@@H](O)[C@@H]1O. The van der Waals surface area contributed by atoms with Crippen molar-refractivity contribution in [3.05, 3.63) is 0 Å². The Balaban J connectivity index is 2.18. The van der Waals surface area contributed by atoms with Gasteiger partial charge in [-0.15, -0.1) is 0 Å². The van der Waals surface area contributed by atoms with Crippen molar-refractivity contribution in [2.75, 3.05) is 6.61 Å². The highest BCUT2D eigenvalue weighted by Crippen LogP contribution is 2.28. The van der Waals surface area contributed by atoms with Crippen molar-refractivity contribution in [1.82, 2.24) is 0 Å². The number of ether oxygens (including phenoxy) is 3. The van der Waals surface area contributed by atoms with E-state index in [2.05, 4.69) is 4.74 Å². The number of aliphatic carboxylic acids is 1. The molecule has 140 valence electrons. The average molecular weight is 355 g/mol. The molecule has 0 aromatic rings. The number of carbonyl (C=O) groups is 1. The Morgan fingerprint density at radius 3 is 2.17 bits per heavy atom. The summed E-state index contributed by atoms with van der Waals surface area (Å²) in [6.07, 6.45) is -15.0. The molecule has 0 aliphatic carbocycles. The minimum atomic E-state index is -1.94. The quantitative estimate of drug-likeness (QED) is 0.237. The van der Waals surface area contributed by atoms with E-state index >= 15 is 0 Å². The van der Waals surface area contributed by atoms with Crippen LogP contribution in [0.4, 0.5) is 0 Å². The van der Waals surface area contributed by atoms with Crippen LogP contribution in [0.25, 0.3) is 0 Å². The summed E-state index contributed by atoms with van der Waals surface area (Å²) < 4.78 is 15.1. The Kier molecular flexibility index (Phi) is 6.09. The van der Waals surface area contributed by atoms with E-state index in [1.807, 2.05) is 0 Å². The maximum absolute atomic E-state index is 11.2. The highest BCUT2D eigenvalue weighted by Gasteiger charge is 2.51. The van der Waals surface area contributed by atoms with Gasteiger partial charge in [-0.05, 0) is 0 Å². The molecule has 9 N–H and O–H groups in total. The maximum Gasteiger partial charge on any atom is 0.335 e. The van der Waals surface area contributed by atoms with Crippen molar-refractivity contribution in [3.8, 4) is 0 Å². The van der Waals surface area contributed by atoms with E-state index in [-0.39, 0.29) is 0 Å². The Bertz CT molecular complexity index is 449. The minimum Gasteiger partial charge on any atom is -0.479 e. The first-order valence-corrected chi connectivity index (χ1v) is 7.15. The average Bonchev–Trinajstić information content (AvgIpc) is 2.54. The van der Waals surface area contributed by atoms with Crippen LogP contribution in [0.2, 0.25) is 0 Å². The summed E-state index contributed by atoms with van der Waals surface area (Å²) in [5.41, 5.74) is 5.65. The van der Waals surface area contributed by atoms with Crippen LogP contribution in [0.1, 0.15) is 0 Å². The topological polar surface area (TPSA) is 212 Å². The number of aliphatic hydroxyl groups excluding tert-OH is 6. The minimum absolute atomic E-state index is 0.682. The van der Waals surface area contributed by atoms with Crippen molar-refractivity contribution >= 4 is 5.97 Å². The predicted molar refractivity (Wildman–Crippen MR) is 71.1 cm³/mol. The molecular weight excluding hydrogens is 334 g/mol. The molecular formula is C12H21NO11. The van der Waals surface area contributed by atoms with Crippen LogP contribution in [0.3, 0.4) is 0 Å². The highest BCUT2D eigenvalue weighted by molar-refractivity contribution is 5.73. The van der Waals surface area contributed by atoms with Crippen molar-refractivity contribution < 1.29 is 54.8 Å². The number of hydrogen-bond acceptors (Lipinski definition) is 11. The van der Waals surface area contributed by atoms with Crippen LogP contribution < -0.4 is 5.73 Å². The monoisotopic (exact) mass is 355 g/mol. The highest BCUT2D eigenvalue weighted by atomic mass is 16.7. The number of carboxylic acids is 1. The number of nitrogens with two attached hydrogens (primary N) is 1. The molecule has 2 aliphatic heterocycles. The second-order valence-corrected chi connectivity index (χ2v) is 5.65. The smallest absolute Gasteiger partial charge is 0.335 e. The van der Waals surface area contributed by atoms with E-state index in [9.17, 15) is 30.3 Å². The van der Waals surface area contributed by atoms with Gasteiger partial charge in [-0.1, -0.05) is 0 Å². The normalized spacial score (nSPS) is 49.8. The lowest BCUT2D eigenvalue weighted by atomic mass is 9.96. The zero-order chi connectivity index (χ0) is 18.2. The van der Waals surface area contributed by atoms with Crippen LogP contribution in [0, 0.1) is 0 Å². The molecule has 0 spiro atoms. The lowest BCUT2D eigenvalue weighted by Gasteiger charge is -2.45. The van der Waals surface area contributed by atoms with Crippen molar-refractivity contribution in [2.24, 2.45) is 5.73 Å². The summed E-state index contributed by atoms with van der Waals surface area (Å²) in [5, 5.41) is 66.7. The predicted octanol–water partition coefficient (Wildman–Crippen LogP) is -5.34. The summed E-state index contributed by atoms with van der Waals surface area (Å²) in [6, 6.07) is -1.34. The molecule has 0 aromatic heterocycles. The number of rotatable bonds is 4. The van der Waals surface area contributed by atoms with E-state index in [1.165, 1.54) is 0 Å². The molecule has 0 bridgehead atoms. The van der Waals surface area contributed by atoms with Gasteiger partial charge in [-0.3, -0.25) is 0 Å². The van der Waals surface area contributed by atoms with Gasteiger partial charge >= 0.3 is 5.97 Å². The molecule has 2 aliphatic rings. The van der Waals surface area contributed by atoms with E-state index < -0.39 is 73.9 Å². The lowest BCUT2D eigenvalue weighted by molar-refractivity contribution is -0.333. The zero-order valence-electron chi connectivity index (χ0n) is 12.3. The molecule has 0 aromatic carbocycles. The third-order valence-corrected chi connectivity index (χ3v) is 4.03. The standard InChI is InChI=1S/C12H21NO11/c13-3-5(16)4(15)2(1-14)22-12(3)24-8-6(17)7(18)11(21)23-9(8)10(19)20/h2-9,11-12,14-18,21H,1,13H2,(H,19,20)/t2-,3-,4-,5-,6+,7+,8-,9+,11+,12-/m1/s1. The summed E-state index contributed by atoms with van der Waals surface area (Å²) in [7, 11) is 0. The summed E-state index contributed by atoms with van der Waals surface area (Å²) in [4.78, 5) is 11.2. The molecule has 2 fully saturated rings. The van der Waals surface area contributed by atoms with E-state index in [1.54, 1.807) is 0 Å².